The van der Waals surface area contributed by atoms with Gasteiger partial charge in [-0.25, -0.2) is 4.98 Å². The number of rotatable bonds is 2. The van der Waals surface area contributed by atoms with Crippen molar-refractivity contribution in [2.24, 2.45) is 5.73 Å². The molecule has 5 heteroatoms. The number of nitrogens with zero attached hydrogens (tertiary/aromatic N) is 1. The summed E-state index contributed by atoms with van der Waals surface area (Å²) in [5.74, 6) is 0. The molecule has 2 atom stereocenters. The van der Waals surface area contributed by atoms with Crippen molar-refractivity contribution < 1.29 is 4.74 Å². The van der Waals surface area contributed by atoms with Gasteiger partial charge in [-0.3, -0.25) is 0 Å². The summed E-state index contributed by atoms with van der Waals surface area (Å²) < 4.78 is 6.94. The lowest BCUT2D eigenvalue weighted by Crippen LogP contribution is -2.18. The maximum Gasteiger partial charge on any atom is 0.122 e. The monoisotopic (exact) mass is 310 g/mol. The van der Waals surface area contributed by atoms with E-state index in [1.165, 1.54) is 2.88 Å². The van der Waals surface area contributed by atoms with E-state index in [9.17, 15) is 0 Å². The maximum absolute atomic E-state index is 5.73. The van der Waals surface area contributed by atoms with E-state index in [4.69, 9.17) is 10.5 Å². The first-order chi connectivity index (χ1) is 6.29. The molecule has 0 aromatic carbocycles. The Hall–Kier alpha value is 0.280. The molecule has 2 unspecified atom stereocenters. The van der Waals surface area contributed by atoms with Gasteiger partial charge in [0, 0.05) is 6.54 Å². The van der Waals surface area contributed by atoms with Crippen molar-refractivity contribution in [3.63, 3.8) is 0 Å². The van der Waals surface area contributed by atoms with Crippen LogP contribution in [-0.2, 0) is 4.74 Å². The van der Waals surface area contributed by atoms with E-state index in [-0.39, 0.29) is 12.2 Å². The first-order valence-electron chi connectivity index (χ1n) is 4.26. The van der Waals surface area contributed by atoms with Gasteiger partial charge in [0.1, 0.15) is 11.1 Å². The molecule has 0 radical (unpaired) electrons. The molecule has 2 N–H and O–H groups in total. The Morgan fingerprint density at radius 2 is 2.54 bits per heavy atom. The van der Waals surface area contributed by atoms with Gasteiger partial charge in [0.15, 0.2) is 0 Å². The number of ether oxygens (including phenoxy) is 1. The van der Waals surface area contributed by atoms with E-state index < -0.39 is 0 Å². The molecule has 0 aliphatic carbocycles. The molecule has 0 saturated carbocycles. The molecule has 1 aromatic rings. The second-order valence-electron chi connectivity index (χ2n) is 3.06. The van der Waals surface area contributed by atoms with Crippen LogP contribution >= 0.6 is 33.9 Å². The van der Waals surface area contributed by atoms with Crippen LogP contribution in [-0.4, -0.2) is 17.6 Å². The predicted molar refractivity (Wildman–Crippen MR) is 60.7 cm³/mol. The maximum atomic E-state index is 5.73. The lowest BCUT2D eigenvalue weighted by atomic mass is 10.2. The molecular weight excluding hydrogens is 299 g/mol. The summed E-state index contributed by atoms with van der Waals surface area (Å²) in [7, 11) is 0. The fourth-order valence-corrected chi connectivity index (χ4v) is 3.01. The molecule has 0 amide bonds. The van der Waals surface area contributed by atoms with Crippen LogP contribution in [0.5, 0.6) is 0 Å². The lowest BCUT2D eigenvalue weighted by molar-refractivity contribution is 0.0497. The van der Waals surface area contributed by atoms with Gasteiger partial charge in [-0.1, -0.05) is 0 Å². The third kappa shape index (κ3) is 2.20. The molecule has 13 heavy (non-hydrogen) atoms. The standard InChI is InChI=1S/C8H11IN2OS/c9-7-4-11-8(13-7)6-2-1-5(3-10)12-6/h4-6H,1-3,10H2. The van der Waals surface area contributed by atoms with Crippen LogP contribution in [0.4, 0.5) is 0 Å². The minimum Gasteiger partial charge on any atom is -0.366 e. The first-order valence-corrected chi connectivity index (χ1v) is 6.16. The third-order valence-electron chi connectivity index (χ3n) is 2.14. The Morgan fingerprint density at radius 1 is 1.69 bits per heavy atom. The Balaban J connectivity index is 2.03. The van der Waals surface area contributed by atoms with Crippen LogP contribution in [0.2, 0.25) is 0 Å². The molecule has 1 aliphatic rings. The van der Waals surface area contributed by atoms with Crippen molar-refractivity contribution in [2.45, 2.75) is 25.0 Å². The summed E-state index contributed by atoms with van der Waals surface area (Å²) >= 11 is 3.98. The van der Waals surface area contributed by atoms with Crippen LogP contribution in [0.3, 0.4) is 0 Å². The second-order valence-corrected chi connectivity index (χ2v) is 6.02. The molecule has 3 nitrogen and oxygen atoms in total. The van der Waals surface area contributed by atoms with E-state index in [1.54, 1.807) is 11.3 Å². The SMILES string of the molecule is NCC1CCC(c2ncc(I)s2)O1. The summed E-state index contributed by atoms with van der Waals surface area (Å²) in [4.78, 5) is 4.31. The molecule has 1 fully saturated rings. The largest absolute Gasteiger partial charge is 0.366 e. The highest BCUT2D eigenvalue weighted by Gasteiger charge is 2.27. The zero-order valence-corrected chi connectivity index (χ0v) is 10.0. The van der Waals surface area contributed by atoms with Crippen molar-refractivity contribution in [3.8, 4) is 0 Å². The third-order valence-corrected chi connectivity index (χ3v) is 3.96. The summed E-state index contributed by atoms with van der Waals surface area (Å²) in [5, 5.41) is 1.10. The minimum atomic E-state index is 0.196. The summed E-state index contributed by atoms with van der Waals surface area (Å²) in [6, 6.07) is 0. The average molecular weight is 310 g/mol. The number of thiazole rings is 1. The molecule has 1 aromatic heterocycles. The van der Waals surface area contributed by atoms with Crippen molar-refractivity contribution >= 4 is 33.9 Å². The van der Waals surface area contributed by atoms with E-state index >= 15 is 0 Å². The number of hydrogen-bond acceptors (Lipinski definition) is 4. The van der Waals surface area contributed by atoms with Gasteiger partial charge >= 0.3 is 0 Å². The molecule has 1 saturated heterocycles. The average Bonchev–Trinajstić information content (AvgIpc) is 2.71. The van der Waals surface area contributed by atoms with Crippen molar-refractivity contribution in [1.82, 2.24) is 4.98 Å². The highest BCUT2D eigenvalue weighted by molar-refractivity contribution is 14.1. The smallest absolute Gasteiger partial charge is 0.122 e. The zero-order valence-electron chi connectivity index (χ0n) is 7.07. The molecule has 2 heterocycles. The molecular formula is C8H11IN2OS. The molecule has 2 rings (SSSR count). The number of nitrogens with two attached hydrogens (primary N) is 1. The van der Waals surface area contributed by atoms with Gasteiger partial charge in [0.05, 0.1) is 15.2 Å². The van der Waals surface area contributed by atoms with Crippen molar-refractivity contribution in [3.05, 3.63) is 14.1 Å². The van der Waals surface area contributed by atoms with E-state index in [1.807, 2.05) is 6.20 Å². The topological polar surface area (TPSA) is 48.1 Å². The van der Waals surface area contributed by atoms with Crippen LogP contribution in [0.25, 0.3) is 0 Å². The predicted octanol–water partition coefficient (Wildman–Crippen LogP) is 1.93. The summed E-state index contributed by atoms with van der Waals surface area (Å²) in [6.07, 6.45) is 4.45. The molecule has 1 aliphatic heterocycles. The van der Waals surface area contributed by atoms with Crippen LogP contribution in [0, 0.1) is 2.88 Å². The number of hydrogen-bond donors (Lipinski definition) is 1. The van der Waals surface area contributed by atoms with Crippen LogP contribution < -0.4 is 5.73 Å². The fourth-order valence-electron chi connectivity index (χ4n) is 1.48. The van der Waals surface area contributed by atoms with Gasteiger partial charge in [-0.2, -0.15) is 0 Å². The Labute approximate surface area is 94.8 Å². The normalized spacial score (nSPS) is 28.2. The Morgan fingerprint density at radius 3 is 3.08 bits per heavy atom. The van der Waals surface area contributed by atoms with Gasteiger partial charge < -0.3 is 10.5 Å². The van der Waals surface area contributed by atoms with Gasteiger partial charge in [0.25, 0.3) is 0 Å². The van der Waals surface area contributed by atoms with Gasteiger partial charge in [-0.05, 0) is 35.4 Å². The van der Waals surface area contributed by atoms with Crippen molar-refractivity contribution in [2.75, 3.05) is 6.54 Å². The Bertz CT molecular complexity index is 291. The molecule has 72 valence electrons. The first kappa shape index (κ1) is 9.82. The highest BCUT2D eigenvalue weighted by Crippen LogP contribution is 2.34. The van der Waals surface area contributed by atoms with E-state index in [2.05, 4.69) is 27.6 Å². The van der Waals surface area contributed by atoms with E-state index in [0.717, 1.165) is 17.8 Å². The van der Waals surface area contributed by atoms with Crippen LogP contribution in [0.1, 0.15) is 24.0 Å². The Kier molecular flexibility index (Phi) is 3.18. The van der Waals surface area contributed by atoms with E-state index in [0.29, 0.717) is 6.54 Å². The van der Waals surface area contributed by atoms with Crippen molar-refractivity contribution in [1.29, 1.82) is 0 Å². The van der Waals surface area contributed by atoms with Crippen LogP contribution in [0.15, 0.2) is 6.20 Å². The quantitative estimate of drug-likeness (QED) is 0.849. The number of aromatic nitrogens is 1. The second kappa shape index (κ2) is 4.20. The number of halogens is 1. The zero-order chi connectivity index (χ0) is 9.26. The lowest BCUT2D eigenvalue weighted by Gasteiger charge is -2.08. The highest BCUT2D eigenvalue weighted by atomic mass is 127. The summed E-state index contributed by atoms with van der Waals surface area (Å²) in [6.45, 7) is 0.624. The summed E-state index contributed by atoms with van der Waals surface area (Å²) in [5.41, 5.74) is 5.54. The van der Waals surface area contributed by atoms with Gasteiger partial charge in [-0.15, -0.1) is 11.3 Å². The molecule has 0 bridgehead atoms. The minimum absolute atomic E-state index is 0.196. The fraction of sp³-hybridized carbons (Fsp3) is 0.625. The van der Waals surface area contributed by atoms with Gasteiger partial charge in [0.2, 0.25) is 0 Å². The molecule has 0 spiro atoms.